The summed E-state index contributed by atoms with van der Waals surface area (Å²) in [6, 6.07) is 0. The molecule has 0 bridgehead atoms. The molecular weight excluding hydrogens is 194 g/mol. The summed E-state index contributed by atoms with van der Waals surface area (Å²) < 4.78 is 0. The van der Waals surface area contributed by atoms with Crippen LogP contribution in [-0.2, 0) is 4.79 Å². The number of aliphatic hydroxyl groups is 2. The molecule has 1 amide bonds. The lowest BCUT2D eigenvalue weighted by Gasteiger charge is -2.31. The number of aliphatic hydroxyl groups excluding tert-OH is 2. The zero-order chi connectivity index (χ0) is 11.8. The lowest BCUT2D eigenvalue weighted by molar-refractivity contribution is -0.156. The van der Waals surface area contributed by atoms with Crippen LogP contribution in [-0.4, -0.2) is 33.5 Å². The molecule has 0 rings (SSSR count). The third-order valence-corrected chi connectivity index (χ3v) is 2.17. The van der Waals surface area contributed by atoms with Crippen molar-refractivity contribution in [2.75, 3.05) is 0 Å². The summed E-state index contributed by atoms with van der Waals surface area (Å²) in [6.07, 6.45) is 1.67. The minimum atomic E-state index is -0.929. The highest BCUT2D eigenvalue weighted by Crippen LogP contribution is 2.12. The Labute approximate surface area is 91.2 Å². The summed E-state index contributed by atoms with van der Waals surface area (Å²) in [5.74, 6) is -0.433. The molecule has 2 N–H and O–H groups in total. The molecule has 0 saturated carbocycles. The Hall–Kier alpha value is -0.870. The molecule has 2 atom stereocenters. The molecule has 0 aromatic heterocycles. The van der Waals surface area contributed by atoms with Crippen LogP contribution in [0.3, 0.4) is 0 Å². The summed E-state index contributed by atoms with van der Waals surface area (Å²) in [4.78, 5) is 12.5. The fourth-order valence-corrected chi connectivity index (χ4v) is 1.39. The highest BCUT2D eigenvalue weighted by atomic mass is 16.3. The summed E-state index contributed by atoms with van der Waals surface area (Å²) in [5, 5.41) is 19.4. The number of amides is 1. The first-order valence-electron chi connectivity index (χ1n) is 5.39. The largest absolute Gasteiger partial charge is 0.373 e. The van der Waals surface area contributed by atoms with Crippen LogP contribution in [0, 0.1) is 0 Å². The number of rotatable bonds is 7. The van der Waals surface area contributed by atoms with E-state index in [2.05, 4.69) is 6.58 Å². The third kappa shape index (κ3) is 4.44. The van der Waals surface area contributed by atoms with Gasteiger partial charge in [0, 0.05) is 0 Å². The van der Waals surface area contributed by atoms with E-state index in [-0.39, 0.29) is 0 Å². The first kappa shape index (κ1) is 14.1. The number of carbonyl (C=O) groups excluding carboxylic acids is 1. The highest BCUT2D eigenvalue weighted by molar-refractivity contribution is 5.87. The second-order valence-electron chi connectivity index (χ2n) is 3.49. The Morgan fingerprint density at radius 3 is 1.93 bits per heavy atom. The van der Waals surface area contributed by atoms with Crippen molar-refractivity contribution in [3.63, 3.8) is 0 Å². The van der Waals surface area contributed by atoms with Gasteiger partial charge in [0.2, 0.25) is 5.91 Å². The van der Waals surface area contributed by atoms with Crippen molar-refractivity contribution in [2.24, 2.45) is 0 Å². The lowest BCUT2D eigenvalue weighted by Crippen LogP contribution is -2.46. The molecule has 4 heteroatoms. The van der Waals surface area contributed by atoms with E-state index in [9.17, 15) is 15.0 Å². The van der Waals surface area contributed by atoms with Gasteiger partial charge in [-0.3, -0.25) is 9.69 Å². The average molecular weight is 215 g/mol. The zero-order valence-corrected chi connectivity index (χ0v) is 9.52. The van der Waals surface area contributed by atoms with E-state index in [0.29, 0.717) is 12.8 Å². The van der Waals surface area contributed by atoms with E-state index in [1.807, 2.05) is 13.8 Å². The third-order valence-electron chi connectivity index (χ3n) is 2.17. The topological polar surface area (TPSA) is 60.8 Å². The molecule has 88 valence electrons. The Morgan fingerprint density at radius 1 is 1.27 bits per heavy atom. The van der Waals surface area contributed by atoms with Crippen LogP contribution < -0.4 is 0 Å². The van der Waals surface area contributed by atoms with Crippen LogP contribution >= 0.6 is 0 Å². The fourth-order valence-electron chi connectivity index (χ4n) is 1.39. The second-order valence-corrected chi connectivity index (χ2v) is 3.49. The summed E-state index contributed by atoms with van der Waals surface area (Å²) in [6.45, 7) is 7.17. The molecule has 0 spiro atoms. The van der Waals surface area contributed by atoms with Crippen molar-refractivity contribution < 1.29 is 15.0 Å². The lowest BCUT2D eigenvalue weighted by atomic mass is 10.2. The molecule has 2 unspecified atom stereocenters. The van der Waals surface area contributed by atoms with E-state index in [0.717, 1.165) is 23.8 Å². The van der Waals surface area contributed by atoms with E-state index >= 15 is 0 Å². The van der Waals surface area contributed by atoms with Gasteiger partial charge in [-0.05, 0) is 18.9 Å². The van der Waals surface area contributed by atoms with Crippen LogP contribution in [0.5, 0.6) is 0 Å². The fraction of sp³-hybridized carbons (Fsp3) is 0.727. The Morgan fingerprint density at radius 2 is 1.67 bits per heavy atom. The van der Waals surface area contributed by atoms with Crippen molar-refractivity contribution in [1.82, 2.24) is 4.90 Å². The number of carbonyl (C=O) groups is 1. The maximum Gasteiger partial charge on any atom is 0.250 e. The van der Waals surface area contributed by atoms with Crippen molar-refractivity contribution in [3.05, 3.63) is 12.7 Å². The summed E-state index contributed by atoms with van der Waals surface area (Å²) >= 11 is 0. The van der Waals surface area contributed by atoms with Crippen molar-refractivity contribution in [3.8, 4) is 0 Å². The van der Waals surface area contributed by atoms with Gasteiger partial charge in [-0.25, -0.2) is 0 Å². The van der Waals surface area contributed by atoms with Crippen LogP contribution in [0.25, 0.3) is 0 Å². The molecule has 0 radical (unpaired) electrons. The minimum absolute atomic E-state index is 0.433. The molecular formula is C11H21NO3. The molecule has 0 aliphatic rings. The van der Waals surface area contributed by atoms with E-state index in [1.54, 1.807) is 0 Å². The van der Waals surface area contributed by atoms with Crippen LogP contribution in [0.1, 0.15) is 39.5 Å². The van der Waals surface area contributed by atoms with Gasteiger partial charge in [-0.1, -0.05) is 33.3 Å². The van der Waals surface area contributed by atoms with E-state index < -0.39 is 18.4 Å². The standard InChI is InChI=1S/C11H21NO3/c1-4-7-10(14)12(9(13)6-3)11(15)8-5-2/h6,10-11,14-15H,3-5,7-8H2,1-2H3. The van der Waals surface area contributed by atoms with Gasteiger partial charge in [0.25, 0.3) is 0 Å². The zero-order valence-electron chi connectivity index (χ0n) is 9.52. The Bertz CT molecular complexity index is 194. The molecule has 0 fully saturated rings. The first-order valence-corrected chi connectivity index (χ1v) is 5.39. The van der Waals surface area contributed by atoms with Gasteiger partial charge < -0.3 is 10.2 Å². The van der Waals surface area contributed by atoms with Crippen molar-refractivity contribution in [1.29, 1.82) is 0 Å². The van der Waals surface area contributed by atoms with E-state index in [1.165, 1.54) is 0 Å². The maximum atomic E-state index is 11.4. The molecule has 0 aliphatic carbocycles. The minimum Gasteiger partial charge on any atom is -0.373 e. The molecule has 0 heterocycles. The van der Waals surface area contributed by atoms with Crippen molar-refractivity contribution in [2.45, 2.75) is 52.0 Å². The number of hydrogen-bond acceptors (Lipinski definition) is 3. The van der Waals surface area contributed by atoms with Crippen molar-refractivity contribution >= 4 is 5.91 Å². The molecule has 15 heavy (non-hydrogen) atoms. The van der Waals surface area contributed by atoms with Gasteiger partial charge in [-0.15, -0.1) is 0 Å². The molecule has 0 aromatic rings. The normalized spacial score (nSPS) is 14.4. The average Bonchev–Trinajstić information content (AvgIpc) is 2.18. The molecule has 0 saturated heterocycles. The van der Waals surface area contributed by atoms with Gasteiger partial charge in [0.1, 0.15) is 12.5 Å². The summed E-state index contributed by atoms with van der Waals surface area (Å²) in [7, 11) is 0. The quantitative estimate of drug-likeness (QED) is 0.496. The molecule has 0 aromatic carbocycles. The predicted molar refractivity (Wildman–Crippen MR) is 58.9 cm³/mol. The number of hydrogen-bond donors (Lipinski definition) is 2. The molecule has 4 nitrogen and oxygen atoms in total. The number of nitrogens with zero attached hydrogens (tertiary/aromatic N) is 1. The SMILES string of the molecule is C=CC(=O)N(C(O)CCC)C(O)CCC. The van der Waals surface area contributed by atoms with Gasteiger partial charge in [-0.2, -0.15) is 0 Å². The van der Waals surface area contributed by atoms with E-state index in [4.69, 9.17) is 0 Å². The highest BCUT2D eigenvalue weighted by Gasteiger charge is 2.25. The molecule has 0 aliphatic heterocycles. The smallest absolute Gasteiger partial charge is 0.250 e. The summed E-state index contributed by atoms with van der Waals surface area (Å²) in [5.41, 5.74) is 0. The predicted octanol–water partition coefficient (Wildman–Crippen LogP) is 1.24. The Balaban J connectivity index is 4.55. The maximum absolute atomic E-state index is 11.4. The first-order chi connectivity index (χ1) is 7.08. The van der Waals surface area contributed by atoms with Crippen LogP contribution in [0.4, 0.5) is 0 Å². The Kier molecular flexibility index (Phi) is 6.99. The second kappa shape index (κ2) is 7.43. The van der Waals surface area contributed by atoms with Gasteiger partial charge >= 0.3 is 0 Å². The monoisotopic (exact) mass is 215 g/mol. The van der Waals surface area contributed by atoms with Gasteiger partial charge in [0.05, 0.1) is 0 Å². The van der Waals surface area contributed by atoms with Gasteiger partial charge in [0.15, 0.2) is 0 Å². The van der Waals surface area contributed by atoms with Crippen LogP contribution in [0.2, 0.25) is 0 Å². The van der Waals surface area contributed by atoms with Crippen LogP contribution in [0.15, 0.2) is 12.7 Å².